The van der Waals surface area contributed by atoms with E-state index < -0.39 is 22.0 Å². The molecule has 1 N–H and O–H groups in total. The van der Waals surface area contributed by atoms with Gasteiger partial charge in [-0.1, -0.05) is 23.7 Å². The lowest BCUT2D eigenvalue weighted by Crippen LogP contribution is -2.48. The van der Waals surface area contributed by atoms with Crippen LogP contribution in [0.25, 0.3) is 0 Å². The van der Waals surface area contributed by atoms with Crippen molar-refractivity contribution in [3.05, 3.63) is 77.8 Å². The van der Waals surface area contributed by atoms with E-state index >= 15 is 0 Å². The number of halogens is 1. The predicted octanol–water partition coefficient (Wildman–Crippen LogP) is 3.77. The van der Waals surface area contributed by atoms with Gasteiger partial charge in [-0.2, -0.15) is 0 Å². The molecular formula is C25H24ClN3O5S. The molecule has 0 aliphatic carbocycles. The van der Waals surface area contributed by atoms with Gasteiger partial charge in [-0.15, -0.1) is 0 Å². The van der Waals surface area contributed by atoms with Crippen molar-refractivity contribution in [2.75, 3.05) is 47.4 Å². The molecule has 0 aromatic heterocycles. The summed E-state index contributed by atoms with van der Waals surface area (Å²) in [4.78, 5) is 15.4. The second kappa shape index (κ2) is 9.77. The quantitative estimate of drug-likeness (QED) is 0.559. The van der Waals surface area contributed by atoms with Crippen molar-refractivity contribution < 1.29 is 22.7 Å². The molecule has 3 aromatic rings. The monoisotopic (exact) mass is 513 g/mol. The van der Waals surface area contributed by atoms with Crippen LogP contribution in [-0.4, -0.2) is 53.3 Å². The van der Waals surface area contributed by atoms with E-state index in [1.165, 1.54) is 28.6 Å². The van der Waals surface area contributed by atoms with E-state index in [9.17, 15) is 13.2 Å². The Morgan fingerprint density at radius 1 is 0.943 bits per heavy atom. The van der Waals surface area contributed by atoms with Gasteiger partial charge in [0.2, 0.25) is 0 Å². The summed E-state index contributed by atoms with van der Waals surface area (Å²) in [5.74, 6) is -0.117. The average molecular weight is 514 g/mol. The molecule has 2 heterocycles. The minimum absolute atomic E-state index is 0.0801. The normalized spacial score (nSPS) is 17.9. The number of hydrogen-bond acceptors (Lipinski definition) is 6. The summed E-state index contributed by atoms with van der Waals surface area (Å²) in [5, 5.41) is 3.28. The lowest BCUT2D eigenvalue weighted by molar-refractivity contribution is -0.122. The van der Waals surface area contributed by atoms with Crippen LogP contribution in [0.3, 0.4) is 0 Å². The third-order valence-corrected chi connectivity index (χ3v) is 7.99. The van der Waals surface area contributed by atoms with E-state index in [0.29, 0.717) is 35.4 Å². The number of fused-ring (bicyclic) bond motifs is 1. The van der Waals surface area contributed by atoms with E-state index in [0.717, 1.165) is 18.8 Å². The molecule has 2 aliphatic rings. The summed E-state index contributed by atoms with van der Waals surface area (Å²) in [7, 11) is -3.95. The fraction of sp³-hybridized carbons (Fsp3) is 0.240. The van der Waals surface area contributed by atoms with Gasteiger partial charge in [0, 0.05) is 29.5 Å². The molecule has 5 rings (SSSR count). The Bertz CT molecular complexity index is 1310. The van der Waals surface area contributed by atoms with Crippen LogP contribution in [0.4, 0.5) is 17.1 Å². The number of rotatable bonds is 5. The second-order valence-electron chi connectivity index (χ2n) is 8.20. The van der Waals surface area contributed by atoms with Crippen molar-refractivity contribution in [2.45, 2.75) is 11.0 Å². The van der Waals surface area contributed by atoms with Crippen molar-refractivity contribution in [1.82, 2.24) is 0 Å². The Balaban J connectivity index is 1.36. The zero-order chi connectivity index (χ0) is 24.4. The highest BCUT2D eigenvalue weighted by atomic mass is 35.5. The van der Waals surface area contributed by atoms with E-state index in [1.54, 1.807) is 24.3 Å². The maximum Gasteiger partial charge on any atom is 0.267 e. The molecule has 8 nitrogen and oxygen atoms in total. The summed E-state index contributed by atoms with van der Waals surface area (Å²) in [5.41, 5.74) is 2.03. The molecule has 1 fully saturated rings. The van der Waals surface area contributed by atoms with Gasteiger partial charge in [-0.3, -0.25) is 9.10 Å². The van der Waals surface area contributed by atoms with Crippen LogP contribution in [0, 0.1) is 0 Å². The average Bonchev–Trinajstić information content (AvgIpc) is 2.89. The summed E-state index contributed by atoms with van der Waals surface area (Å²) >= 11 is 5.93. The van der Waals surface area contributed by atoms with Crippen molar-refractivity contribution in [3.63, 3.8) is 0 Å². The zero-order valence-corrected chi connectivity index (χ0v) is 20.3. The maximum absolute atomic E-state index is 13.5. The first kappa shape index (κ1) is 23.5. The number of carbonyl (C=O) groups excluding carboxylic acids is 1. The fourth-order valence-electron chi connectivity index (χ4n) is 4.10. The molecule has 0 radical (unpaired) electrons. The number of hydrogen-bond donors (Lipinski definition) is 1. The van der Waals surface area contributed by atoms with Crippen molar-refractivity contribution >= 4 is 44.6 Å². The van der Waals surface area contributed by atoms with Gasteiger partial charge >= 0.3 is 0 Å². The van der Waals surface area contributed by atoms with Crippen molar-refractivity contribution in [1.29, 1.82) is 0 Å². The Morgan fingerprint density at radius 3 is 2.34 bits per heavy atom. The summed E-state index contributed by atoms with van der Waals surface area (Å²) < 4.78 is 39.4. The highest BCUT2D eigenvalue weighted by Gasteiger charge is 2.37. The SMILES string of the molecule is O=C(Nc1ccc(N2CCOCC2)cc1)[C@H]1CN(S(=O)(=O)c2ccc(Cl)cc2)c2ccccc2O1. The molecule has 0 saturated carbocycles. The van der Waals surface area contributed by atoms with Crippen LogP contribution < -0.4 is 19.3 Å². The van der Waals surface area contributed by atoms with E-state index in [1.807, 2.05) is 24.3 Å². The third-order valence-electron chi connectivity index (χ3n) is 5.94. The molecule has 1 amide bonds. The minimum Gasteiger partial charge on any atom is -0.476 e. The van der Waals surface area contributed by atoms with Crippen LogP contribution in [0.2, 0.25) is 5.02 Å². The summed E-state index contributed by atoms with van der Waals surface area (Å²) in [6, 6.07) is 20.2. The molecule has 3 aromatic carbocycles. The smallest absolute Gasteiger partial charge is 0.267 e. The first-order chi connectivity index (χ1) is 16.9. The number of sulfonamides is 1. The number of ether oxygens (including phenoxy) is 2. The van der Waals surface area contributed by atoms with E-state index in [2.05, 4.69) is 10.2 Å². The molecular weight excluding hydrogens is 490 g/mol. The first-order valence-electron chi connectivity index (χ1n) is 11.2. The van der Waals surface area contributed by atoms with Gasteiger partial charge < -0.3 is 19.7 Å². The third kappa shape index (κ3) is 4.93. The van der Waals surface area contributed by atoms with Crippen LogP contribution in [-0.2, 0) is 19.6 Å². The lowest BCUT2D eigenvalue weighted by atomic mass is 10.2. The summed E-state index contributed by atoms with van der Waals surface area (Å²) in [6.45, 7) is 2.85. The predicted molar refractivity (Wildman–Crippen MR) is 135 cm³/mol. The van der Waals surface area contributed by atoms with Gasteiger partial charge in [-0.05, 0) is 60.7 Å². The second-order valence-corrected chi connectivity index (χ2v) is 10.5. The largest absolute Gasteiger partial charge is 0.476 e. The first-order valence-corrected chi connectivity index (χ1v) is 13.0. The minimum atomic E-state index is -3.95. The van der Waals surface area contributed by atoms with Gasteiger partial charge in [0.1, 0.15) is 5.75 Å². The number of nitrogens with zero attached hydrogens (tertiary/aromatic N) is 2. The summed E-state index contributed by atoms with van der Waals surface area (Å²) in [6.07, 6.45) is -1.04. The Labute approximate surface area is 209 Å². The standard InChI is InChI=1S/C25H24ClN3O5S/c26-18-5-11-21(12-6-18)35(31,32)29-17-24(34-23-4-2-1-3-22(23)29)25(30)27-19-7-9-20(10-8-19)28-13-15-33-16-14-28/h1-12,24H,13-17H2,(H,27,30)/t24-/m1/s1. The molecule has 1 atom stereocenters. The molecule has 2 aliphatic heterocycles. The number of morpholine rings is 1. The number of carbonyl (C=O) groups is 1. The molecule has 10 heteroatoms. The molecule has 0 unspecified atom stereocenters. The molecule has 1 saturated heterocycles. The molecule has 35 heavy (non-hydrogen) atoms. The number of para-hydroxylation sites is 2. The number of nitrogens with one attached hydrogen (secondary N) is 1. The van der Waals surface area contributed by atoms with Gasteiger partial charge in [0.15, 0.2) is 6.10 Å². The Hall–Kier alpha value is -3.27. The van der Waals surface area contributed by atoms with E-state index in [4.69, 9.17) is 21.1 Å². The fourth-order valence-corrected chi connectivity index (χ4v) is 5.70. The van der Waals surface area contributed by atoms with Crippen molar-refractivity contribution in [3.8, 4) is 5.75 Å². The lowest BCUT2D eigenvalue weighted by Gasteiger charge is -2.34. The maximum atomic E-state index is 13.5. The number of benzene rings is 3. The zero-order valence-electron chi connectivity index (χ0n) is 18.8. The van der Waals surface area contributed by atoms with Crippen LogP contribution in [0.5, 0.6) is 5.75 Å². The molecule has 182 valence electrons. The number of anilines is 3. The van der Waals surface area contributed by atoms with Gasteiger partial charge in [-0.25, -0.2) is 8.42 Å². The van der Waals surface area contributed by atoms with Crippen LogP contribution in [0.1, 0.15) is 0 Å². The molecule has 0 spiro atoms. The highest BCUT2D eigenvalue weighted by molar-refractivity contribution is 7.92. The highest BCUT2D eigenvalue weighted by Crippen LogP contribution is 2.37. The van der Waals surface area contributed by atoms with Gasteiger partial charge in [0.25, 0.3) is 15.9 Å². The number of amides is 1. The van der Waals surface area contributed by atoms with Gasteiger partial charge in [0.05, 0.1) is 30.3 Å². The molecule has 0 bridgehead atoms. The Morgan fingerprint density at radius 2 is 1.63 bits per heavy atom. The van der Waals surface area contributed by atoms with Crippen molar-refractivity contribution in [2.24, 2.45) is 0 Å². The van der Waals surface area contributed by atoms with Crippen LogP contribution in [0.15, 0.2) is 77.7 Å². The Kier molecular flexibility index (Phi) is 6.55. The topological polar surface area (TPSA) is 88.2 Å². The van der Waals surface area contributed by atoms with E-state index in [-0.39, 0.29) is 11.4 Å². The van der Waals surface area contributed by atoms with Crippen LogP contribution >= 0.6 is 11.6 Å².